The molecule has 0 amide bonds. The second kappa shape index (κ2) is 4.75. The molecule has 3 nitrogen and oxygen atoms in total. The molecule has 0 radical (unpaired) electrons. The van der Waals surface area contributed by atoms with Crippen LogP contribution in [0, 0.1) is 0 Å². The van der Waals surface area contributed by atoms with E-state index in [2.05, 4.69) is 4.98 Å². The molecule has 18 heavy (non-hydrogen) atoms. The number of nitrogens with zero attached hydrogens (tertiary/aromatic N) is 1. The smallest absolute Gasteiger partial charge is 0.348 e. The molecule has 0 bridgehead atoms. The third kappa shape index (κ3) is 2.57. The van der Waals surface area contributed by atoms with Crippen molar-refractivity contribution in [3.8, 4) is 0 Å². The predicted molar refractivity (Wildman–Crippen MR) is 48.8 cm³/mol. The van der Waals surface area contributed by atoms with Crippen molar-refractivity contribution in [3.05, 3.63) is 15.6 Å². The van der Waals surface area contributed by atoms with Crippen LogP contribution in [-0.4, -0.2) is 29.4 Å². The zero-order valence-electron chi connectivity index (χ0n) is 8.39. The first-order valence-electron chi connectivity index (χ1n) is 4.28. The summed E-state index contributed by atoms with van der Waals surface area (Å²) in [5.41, 5.74) is -1.62. The van der Waals surface area contributed by atoms with Crippen LogP contribution in [-0.2, 0) is 11.8 Å². The number of hydrogen-bond donors (Lipinski definition) is 1. The van der Waals surface area contributed by atoms with Gasteiger partial charge in [-0.05, 0) is 0 Å². The lowest BCUT2D eigenvalue weighted by Crippen LogP contribution is -2.21. The molecule has 1 aromatic heterocycles. The number of carboxylic acids is 1. The number of rotatable bonds is 5. The number of aromatic nitrogens is 1. The summed E-state index contributed by atoms with van der Waals surface area (Å²) >= 11 is -0.306. The van der Waals surface area contributed by atoms with Crippen LogP contribution in [0.15, 0.2) is 0 Å². The van der Waals surface area contributed by atoms with Crippen LogP contribution < -0.4 is 0 Å². The van der Waals surface area contributed by atoms with E-state index < -0.39 is 46.7 Å². The topological polar surface area (TPSA) is 50.2 Å². The summed E-state index contributed by atoms with van der Waals surface area (Å²) in [6.07, 6.45) is 0. The summed E-state index contributed by atoms with van der Waals surface area (Å²) in [6.45, 7) is -4.52. The molecule has 0 aliphatic rings. The largest absolute Gasteiger partial charge is 0.477 e. The minimum absolute atomic E-state index is 0.306. The van der Waals surface area contributed by atoms with Crippen molar-refractivity contribution in [2.24, 2.45) is 0 Å². The zero-order chi connectivity index (χ0) is 14.1. The Morgan fingerprint density at radius 3 is 2.06 bits per heavy atom. The average Bonchev–Trinajstić information content (AvgIpc) is 2.75. The number of hydrogen-bond acceptors (Lipinski definition) is 3. The summed E-state index contributed by atoms with van der Waals surface area (Å²) in [5.74, 6) is -10.5. The first-order valence-corrected chi connectivity index (χ1v) is 5.10. The molecular weight excluding hydrogens is 288 g/mol. The van der Waals surface area contributed by atoms with Gasteiger partial charge >= 0.3 is 17.8 Å². The highest BCUT2D eigenvalue weighted by molar-refractivity contribution is 7.13. The van der Waals surface area contributed by atoms with Crippen LogP contribution in [0.25, 0.3) is 0 Å². The Morgan fingerprint density at radius 2 is 1.67 bits per heavy atom. The molecule has 1 aromatic rings. The Labute approximate surface area is 100 Å². The van der Waals surface area contributed by atoms with Gasteiger partial charge in [-0.1, -0.05) is 0 Å². The van der Waals surface area contributed by atoms with Gasteiger partial charge in [-0.2, -0.15) is 17.6 Å². The molecule has 0 unspecified atom stereocenters. The second-order valence-electron chi connectivity index (χ2n) is 3.18. The van der Waals surface area contributed by atoms with Crippen molar-refractivity contribution in [2.75, 3.05) is 13.3 Å². The van der Waals surface area contributed by atoms with Crippen LogP contribution in [0.5, 0.6) is 0 Å². The highest BCUT2D eigenvalue weighted by Crippen LogP contribution is 2.39. The molecule has 0 spiro atoms. The Kier molecular flexibility index (Phi) is 3.89. The van der Waals surface area contributed by atoms with Crippen molar-refractivity contribution in [1.29, 1.82) is 0 Å². The molecule has 0 atom stereocenters. The van der Waals surface area contributed by atoms with E-state index >= 15 is 0 Å². The molecule has 0 aromatic carbocycles. The van der Waals surface area contributed by atoms with Gasteiger partial charge in [0.15, 0.2) is 18.4 Å². The zero-order valence-corrected chi connectivity index (χ0v) is 9.21. The molecule has 0 aliphatic heterocycles. The Bertz CT molecular complexity index is 460. The Hall–Kier alpha value is -1.32. The van der Waals surface area contributed by atoms with E-state index in [9.17, 15) is 31.1 Å². The number of alkyl halides is 6. The molecule has 1 rings (SSSR count). The Morgan fingerprint density at radius 1 is 1.17 bits per heavy atom. The van der Waals surface area contributed by atoms with Crippen molar-refractivity contribution < 1.29 is 36.2 Å². The van der Waals surface area contributed by atoms with Gasteiger partial charge in [0.25, 0.3) is 0 Å². The monoisotopic (exact) mass is 293 g/mol. The fraction of sp³-hybridized carbons (Fsp3) is 0.500. The number of carboxylic acid groups (broad SMARTS) is 1. The molecule has 0 saturated heterocycles. The van der Waals surface area contributed by atoms with E-state index in [1.807, 2.05) is 0 Å². The van der Waals surface area contributed by atoms with Gasteiger partial charge in [0.1, 0.15) is 10.6 Å². The molecule has 102 valence electrons. The lowest BCUT2D eigenvalue weighted by molar-refractivity contribution is -0.0394. The molecule has 10 heteroatoms. The van der Waals surface area contributed by atoms with E-state index in [4.69, 9.17) is 5.11 Å². The molecular formula is C8H5F6NO2S. The van der Waals surface area contributed by atoms with Crippen LogP contribution in [0.3, 0.4) is 0 Å². The van der Waals surface area contributed by atoms with Gasteiger partial charge in [0.05, 0.1) is 0 Å². The number of thiazole rings is 1. The lowest BCUT2D eigenvalue weighted by Gasteiger charge is -2.10. The predicted octanol–water partition coefficient (Wildman–Crippen LogP) is 2.96. The van der Waals surface area contributed by atoms with Gasteiger partial charge in [-0.3, -0.25) is 0 Å². The maximum atomic E-state index is 13.0. The fourth-order valence-electron chi connectivity index (χ4n) is 0.990. The highest BCUT2D eigenvalue weighted by Gasteiger charge is 2.44. The van der Waals surface area contributed by atoms with Gasteiger partial charge in [0, 0.05) is 0 Å². The average molecular weight is 293 g/mol. The third-order valence-corrected chi connectivity index (χ3v) is 2.97. The fourth-order valence-corrected chi connectivity index (χ4v) is 1.90. The van der Waals surface area contributed by atoms with E-state index in [0.29, 0.717) is 0 Å². The number of carbonyl (C=O) groups is 1. The van der Waals surface area contributed by atoms with Crippen molar-refractivity contribution >= 4 is 17.3 Å². The third-order valence-electron chi connectivity index (χ3n) is 1.82. The normalized spacial score (nSPS) is 12.8. The van der Waals surface area contributed by atoms with Crippen molar-refractivity contribution in [1.82, 2.24) is 4.98 Å². The summed E-state index contributed by atoms with van der Waals surface area (Å²) in [5, 5.41) is 7.13. The van der Waals surface area contributed by atoms with Crippen LogP contribution >= 0.6 is 11.3 Å². The summed E-state index contributed by atoms with van der Waals surface area (Å²) in [7, 11) is 0. The van der Waals surface area contributed by atoms with Gasteiger partial charge < -0.3 is 5.11 Å². The van der Waals surface area contributed by atoms with Crippen LogP contribution in [0.4, 0.5) is 26.3 Å². The first-order chi connectivity index (χ1) is 8.15. The Balaban J connectivity index is 3.39. The molecule has 0 aliphatic carbocycles. The molecule has 0 saturated carbocycles. The SMILES string of the molecule is O=C(O)c1sc(C(F)(F)CF)nc1C(F)(F)CF. The molecule has 1 heterocycles. The number of halogens is 6. The minimum atomic E-state index is -4.31. The summed E-state index contributed by atoms with van der Waals surface area (Å²) < 4.78 is 75.7. The highest BCUT2D eigenvalue weighted by atomic mass is 32.1. The first kappa shape index (κ1) is 14.7. The van der Waals surface area contributed by atoms with E-state index in [0.717, 1.165) is 0 Å². The summed E-state index contributed by atoms with van der Waals surface area (Å²) in [6, 6.07) is 0. The molecule has 1 N–H and O–H groups in total. The van der Waals surface area contributed by atoms with Gasteiger partial charge in [-0.25, -0.2) is 18.6 Å². The van der Waals surface area contributed by atoms with Gasteiger partial charge in [0.2, 0.25) is 0 Å². The maximum absolute atomic E-state index is 13.0. The van der Waals surface area contributed by atoms with Crippen molar-refractivity contribution in [3.63, 3.8) is 0 Å². The second-order valence-corrected chi connectivity index (χ2v) is 4.18. The van der Waals surface area contributed by atoms with E-state index in [-0.39, 0.29) is 11.3 Å². The van der Waals surface area contributed by atoms with Crippen molar-refractivity contribution in [2.45, 2.75) is 11.8 Å². The minimum Gasteiger partial charge on any atom is -0.477 e. The standard InChI is InChI=1S/C8H5F6NO2S/c9-1-7(11,12)4-3(5(16)17)18-6(15-4)8(13,14)2-10/h1-2H2,(H,16,17). The van der Waals surface area contributed by atoms with Crippen LogP contribution in [0.1, 0.15) is 20.4 Å². The molecule has 0 fully saturated rings. The van der Waals surface area contributed by atoms with E-state index in [1.165, 1.54) is 0 Å². The lowest BCUT2D eigenvalue weighted by atomic mass is 10.2. The van der Waals surface area contributed by atoms with E-state index in [1.54, 1.807) is 0 Å². The van der Waals surface area contributed by atoms with Crippen LogP contribution in [0.2, 0.25) is 0 Å². The number of aromatic carboxylic acids is 1. The quantitative estimate of drug-likeness (QED) is 0.849. The maximum Gasteiger partial charge on any atom is 0.348 e. The van der Waals surface area contributed by atoms with Gasteiger partial charge in [-0.15, -0.1) is 11.3 Å². The summed E-state index contributed by atoms with van der Waals surface area (Å²) in [4.78, 5) is 12.0.